The first-order valence-corrected chi connectivity index (χ1v) is 8.00. The molecular weight excluding hydrogens is 318 g/mol. The van der Waals surface area contributed by atoms with Crippen LogP contribution in [0.2, 0.25) is 0 Å². The molecule has 7 heteroatoms. The number of amides is 1. The van der Waals surface area contributed by atoms with Gasteiger partial charge in [0.2, 0.25) is 0 Å². The number of aromatic nitrogens is 3. The van der Waals surface area contributed by atoms with Gasteiger partial charge in [0.25, 0.3) is 5.91 Å². The van der Waals surface area contributed by atoms with Crippen LogP contribution in [0.3, 0.4) is 0 Å². The maximum Gasteiger partial charge on any atom is 0.274 e. The Bertz CT molecular complexity index is 887. The fourth-order valence-corrected chi connectivity index (χ4v) is 2.32. The van der Waals surface area contributed by atoms with Crippen LogP contribution < -0.4 is 10.6 Å². The van der Waals surface area contributed by atoms with Crippen molar-refractivity contribution in [1.82, 2.24) is 15.1 Å². The van der Waals surface area contributed by atoms with Gasteiger partial charge in [0.15, 0.2) is 5.82 Å². The topological polar surface area (TPSA) is 92.9 Å². The molecule has 25 heavy (non-hydrogen) atoms. The van der Waals surface area contributed by atoms with Crippen molar-refractivity contribution in [2.45, 2.75) is 27.2 Å². The number of anilines is 3. The predicted molar refractivity (Wildman–Crippen MR) is 95.1 cm³/mol. The second kappa shape index (κ2) is 7.12. The largest absolute Gasteiger partial charge is 0.360 e. The molecule has 1 aromatic carbocycles. The Kier molecular flexibility index (Phi) is 4.74. The number of aryl methyl sites for hydroxylation is 3. The van der Waals surface area contributed by atoms with Gasteiger partial charge in [-0.3, -0.25) is 4.79 Å². The molecule has 2 N–H and O–H groups in total. The van der Waals surface area contributed by atoms with E-state index >= 15 is 0 Å². The number of carbonyl (C=O) groups excluding carboxylic acids is 1. The highest BCUT2D eigenvalue weighted by molar-refractivity contribution is 6.03. The Morgan fingerprint density at radius 3 is 2.48 bits per heavy atom. The molecule has 2 heterocycles. The van der Waals surface area contributed by atoms with Crippen molar-refractivity contribution in [2.75, 3.05) is 10.6 Å². The fourth-order valence-electron chi connectivity index (χ4n) is 2.32. The van der Waals surface area contributed by atoms with E-state index in [0.717, 1.165) is 12.1 Å². The smallest absolute Gasteiger partial charge is 0.274 e. The van der Waals surface area contributed by atoms with Gasteiger partial charge in [-0.05, 0) is 38.0 Å². The summed E-state index contributed by atoms with van der Waals surface area (Å²) in [5.41, 5.74) is 2.21. The predicted octanol–water partition coefficient (Wildman–Crippen LogP) is 3.64. The molecule has 128 valence electrons. The molecular formula is C18H19N5O2. The van der Waals surface area contributed by atoms with E-state index in [1.165, 1.54) is 5.56 Å². The Balaban J connectivity index is 1.77. The third-order valence-electron chi connectivity index (χ3n) is 3.57. The lowest BCUT2D eigenvalue weighted by atomic mass is 10.1. The average Bonchev–Trinajstić information content (AvgIpc) is 3.00. The molecule has 0 atom stereocenters. The van der Waals surface area contributed by atoms with E-state index in [-0.39, 0.29) is 11.6 Å². The molecule has 0 aliphatic rings. The van der Waals surface area contributed by atoms with Crippen LogP contribution >= 0.6 is 0 Å². The molecule has 3 aromatic rings. The van der Waals surface area contributed by atoms with Crippen LogP contribution in [0.25, 0.3) is 0 Å². The molecule has 0 saturated carbocycles. The minimum absolute atomic E-state index is 0.273. The molecule has 7 nitrogen and oxygen atoms in total. The number of nitrogens with zero attached hydrogens (tertiary/aromatic N) is 3. The standard InChI is InChI=1S/C18H19N5O2/c1-4-13-5-7-14(8-6-13)21-18(24)15-10-16(20-12(3)19-15)22-17-9-11(2)25-23-17/h5-10H,4H2,1-3H3,(H,21,24)(H,19,20,22,23). The van der Waals surface area contributed by atoms with Crippen LogP contribution in [0.5, 0.6) is 0 Å². The first kappa shape index (κ1) is 16.6. The number of carbonyl (C=O) groups is 1. The van der Waals surface area contributed by atoms with Crippen LogP contribution in [0.15, 0.2) is 40.9 Å². The van der Waals surface area contributed by atoms with Crippen LogP contribution in [-0.4, -0.2) is 21.0 Å². The molecule has 0 aliphatic heterocycles. The van der Waals surface area contributed by atoms with Gasteiger partial charge < -0.3 is 15.2 Å². The van der Waals surface area contributed by atoms with Crippen LogP contribution in [-0.2, 0) is 6.42 Å². The van der Waals surface area contributed by atoms with Crippen molar-refractivity contribution >= 4 is 23.2 Å². The molecule has 0 saturated heterocycles. The highest BCUT2D eigenvalue weighted by atomic mass is 16.5. The number of rotatable bonds is 5. The third kappa shape index (κ3) is 4.20. The van der Waals surface area contributed by atoms with Gasteiger partial charge in [-0.1, -0.05) is 24.2 Å². The van der Waals surface area contributed by atoms with Crippen molar-refractivity contribution in [1.29, 1.82) is 0 Å². The van der Waals surface area contributed by atoms with E-state index in [9.17, 15) is 4.79 Å². The maximum absolute atomic E-state index is 12.5. The van der Waals surface area contributed by atoms with Gasteiger partial charge in [-0.15, -0.1) is 0 Å². The molecule has 0 fully saturated rings. The Morgan fingerprint density at radius 1 is 1.08 bits per heavy atom. The summed E-state index contributed by atoms with van der Waals surface area (Å²) >= 11 is 0. The van der Waals surface area contributed by atoms with Crippen molar-refractivity contribution in [3.63, 3.8) is 0 Å². The van der Waals surface area contributed by atoms with E-state index in [2.05, 4.69) is 32.7 Å². The summed E-state index contributed by atoms with van der Waals surface area (Å²) in [5.74, 6) is 1.87. The van der Waals surface area contributed by atoms with Crippen molar-refractivity contribution in [3.05, 3.63) is 59.2 Å². The second-order valence-corrected chi connectivity index (χ2v) is 5.64. The summed E-state index contributed by atoms with van der Waals surface area (Å²) < 4.78 is 5.01. The van der Waals surface area contributed by atoms with Gasteiger partial charge in [0, 0.05) is 17.8 Å². The molecule has 1 amide bonds. The fraction of sp³-hybridized carbons (Fsp3) is 0.222. The van der Waals surface area contributed by atoms with Crippen LogP contribution in [0.4, 0.5) is 17.3 Å². The summed E-state index contributed by atoms with van der Waals surface area (Å²) in [6.07, 6.45) is 0.954. The molecule has 0 spiro atoms. The normalized spacial score (nSPS) is 10.5. The maximum atomic E-state index is 12.5. The van der Waals surface area contributed by atoms with Crippen molar-refractivity contribution in [2.24, 2.45) is 0 Å². The van der Waals surface area contributed by atoms with E-state index < -0.39 is 0 Å². The number of hydrogen-bond donors (Lipinski definition) is 2. The zero-order chi connectivity index (χ0) is 17.8. The van der Waals surface area contributed by atoms with E-state index in [1.54, 1.807) is 26.0 Å². The van der Waals surface area contributed by atoms with Gasteiger partial charge >= 0.3 is 0 Å². The summed E-state index contributed by atoms with van der Waals surface area (Å²) in [6, 6.07) is 11.0. The van der Waals surface area contributed by atoms with Gasteiger partial charge in [0.05, 0.1) is 0 Å². The summed E-state index contributed by atoms with van der Waals surface area (Å²) in [6.45, 7) is 5.61. The van der Waals surface area contributed by atoms with Gasteiger partial charge in [-0.2, -0.15) is 0 Å². The molecule has 0 aliphatic carbocycles. The van der Waals surface area contributed by atoms with Gasteiger partial charge in [0.1, 0.15) is 23.1 Å². The zero-order valence-corrected chi connectivity index (χ0v) is 14.3. The summed E-state index contributed by atoms with van der Waals surface area (Å²) in [7, 11) is 0. The lowest BCUT2D eigenvalue weighted by Crippen LogP contribution is -2.15. The summed E-state index contributed by atoms with van der Waals surface area (Å²) in [4.78, 5) is 20.9. The van der Waals surface area contributed by atoms with E-state index in [4.69, 9.17) is 4.52 Å². The highest BCUT2D eigenvalue weighted by Crippen LogP contribution is 2.16. The first-order chi connectivity index (χ1) is 12.0. The average molecular weight is 337 g/mol. The number of hydrogen-bond acceptors (Lipinski definition) is 6. The first-order valence-electron chi connectivity index (χ1n) is 8.00. The Morgan fingerprint density at radius 2 is 1.84 bits per heavy atom. The Hall–Kier alpha value is -3.22. The molecule has 0 unspecified atom stereocenters. The minimum Gasteiger partial charge on any atom is -0.360 e. The molecule has 0 bridgehead atoms. The summed E-state index contributed by atoms with van der Waals surface area (Å²) in [5, 5.41) is 9.70. The van der Waals surface area contributed by atoms with Crippen molar-refractivity contribution < 1.29 is 9.32 Å². The minimum atomic E-state index is -0.297. The van der Waals surface area contributed by atoms with E-state index in [1.807, 2.05) is 24.3 Å². The lowest BCUT2D eigenvalue weighted by Gasteiger charge is -2.08. The van der Waals surface area contributed by atoms with Gasteiger partial charge in [-0.25, -0.2) is 9.97 Å². The zero-order valence-electron chi connectivity index (χ0n) is 14.3. The SMILES string of the molecule is CCc1ccc(NC(=O)c2cc(Nc3cc(C)on3)nc(C)n2)cc1. The Labute approximate surface area is 145 Å². The highest BCUT2D eigenvalue weighted by Gasteiger charge is 2.12. The second-order valence-electron chi connectivity index (χ2n) is 5.64. The lowest BCUT2D eigenvalue weighted by molar-refractivity contribution is 0.102. The van der Waals surface area contributed by atoms with Crippen molar-refractivity contribution in [3.8, 4) is 0 Å². The third-order valence-corrected chi connectivity index (χ3v) is 3.57. The molecule has 3 rings (SSSR count). The van der Waals surface area contributed by atoms with Crippen LogP contribution in [0.1, 0.15) is 34.6 Å². The van der Waals surface area contributed by atoms with E-state index in [0.29, 0.717) is 23.2 Å². The quantitative estimate of drug-likeness (QED) is 0.738. The van der Waals surface area contributed by atoms with Crippen LogP contribution in [0, 0.1) is 13.8 Å². The number of benzene rings is 1. The molecule has 2 aromatic heterocycles. The number of nitrogens with one attached hydrogen (secondary N) is 2. The molecule has 0 radical (unpaired) electrons. The monoisotopic (exact) mass is 337 g/mol.